The summed E-state index contributed by atoms with van der Waals surface area (Å²) in [5.41, 5.74) is 0.910. The second kappa shape index (κ2) is 10.4. The predicted molar refractivity (Wildman–Crippen MR) is 132 cm³/mol. The number of rotatable bonds is 6. The number of halogens is 1. The average Bonchev–Trinajstić information content (AvgIpc) is 3.50. The van der Waals surface area contributed by atoms with Gasteiger partial charge in [0.15, 0.2) is 0 Å². The molecule has 1 N–H and O–H groups in total. The molecular formula is C24H24FN7O6. The molecule has 3 heterocycles. The summed E-state index contributed by atoms with van der Waals surface area (Å²) in [6.07, 6.45) is -0.758. The lowest BCUT2D eigenvalue weighted by atomic mass is 10.2. The van der Waals surface area contributed by atoms with Gasteiger partial charge in [-0.3, -0.25) is 19.9 Å². The Balaban J connectivity index is 1.11. The van der Waals surface area contributed by atoms with Gasteiger partial charge in [0.25, 0.3) is 0 Å². The fraction of sp³-hybridized carbons (Fsp3) is 0.333. The third-order valence-electron chi connectivity index (χ3n) is 6.35. The molecule has 1 atom stereocenters. The largest absolute Gasteiger partial charge is 0.443 e. The number of nitro groups is 1. The van der Waals surface area contributed by atoms with Crippen molar-refractivity contribution in [2.45, 2.75) is 13.0 Å². The summed E-state index contributed by atoms with van der Waals surface area (Å²) in [6.45, 7) is 4.57. The zero-order valence-corrected chi connectivity index (χ0v) is 20.4. The molecule has 2 fully saturated rings. The van der Waals surface area contributed by atoms with Crippen molar-refractivity contribution in [1.82, 2.24) is 19.9 Å². The van der Waals surface area contributed by atoms with Crippen LogP contribution < -0.4 is 10.2 Å². The van der Waals surface area contributed by atoms with Gasteiger partial charge in [-0.2, -0.15) is 9.37 Å². The molecular weight excluding hydrogens is 501 g/mol. The van der Waals surface area contributed by atoms with E-state index in [1.54, 1.807) is 28.9 Å². The van der Waals surface area contributed by atoms with Crippen molar-refractivity contribution in [3.8, 4) is 11.4 Å². The van der Waals surface area contributed by atoms with Gasteiger partial charge < -0.3 is 19.5 Å². The maximum Gasteiger partial charge on any atom is 0.414 e. The first kappa shape index (κ1) is 25.1. The Morgan fingerprint density at radius 1 is 1.18 bits per heavy atom. The van der Waals surface area contributed by atoms with E-state index in [4.69, 9.17) is 9.26 Å². The fourth-order valence-electron chi connectivity index (χ4n) is 4.39. The number of carbonyl (C=O) groups is 2. The number of nitrogens with zero attached hydrogens (tertiary/aromatic N) is 6. The van der Waals surface area contributed by atoms with Gasteiger partial charge in [-0.05, 0) is 36.4 Å². The number of cyclic esters (lactones) is 1. The lowest BCUT2D eigenvalue weighted by Gasteiger charge is -2.35. The maximum absolute atomic E-state index is 13.5. The molecule has 1 unspecified atom stereocenters. The van der Waals surface area contributed by atoms with Crippen LogP contribution in [-0.2, 0) is 4.74 Å². The number of nitro benzene ring substituents is 1. The highest BCUT2D eigenvalue weighted by atomic mass is 19.1. The normalized spacial score (nSPS) is 17.9. The van der Waals surface area contributed by atoms with Crippen molar-refractivity contribution in [2.24, 2.45) is 0 Å². The van der Waals surface area contributed by atoms with Crippen molar-refractivity contribution in [2.75, 3.05) is 49.5 Å². The van der Waals surface area contributed by atoms with E-state index in [9.17, 15) is 24.1 Å². The van der Waals surface area contributed by atoms with E-state index in [0.717, 1.165) is 17.7 Å². The molecule has 2 saturated heterocycles. The molecule has 2 aliphatic rings. The molecule has 0 radical (unpaired) electrons. The molecule has 1 aromatic heterocycles. The highest BCUT2D eigenvalue weighted by Gasteiger charge is 2.34. The SMILES string of the molecule is Cc1nc(-c2ccc(N3CC(CN4CCN(C(=O)Nc5ccc(F)c([N+](=O)[O-])c5)CC4)OC3=O)cc2)no1. The molecule has 0 saturated carbocycles. The van der Waals surface area contributed by atoms with Crippen LogP contribution in [0.4, 0.5) is 31.0 Å². The second-order valence-electron chi connectivity index (χ2n) is 8.94. The first-order valence-corrected chi connectivity index (χ1v) is 11.9. The summed E-state index contributed by atoms with van der Waals surface area (Å²) >= 11 is 0. The standard InChI is InChI=1S/C24H24FN7O6/c1-15-26-22(28-38-15)16-2-5-18(6-3-16)31-14-19(37-24(31)34)13-29-8-10-30(11-9-29)23(33)27-17-4-7-20(25)21(12-17)32(35)36/h2-7,12,19H,8-11,13-14H2,1H3,(H,27,33). The monoisotopic (exact) mass is 525 g/mol. The summed E-state index contributed by atoms with van der Waals surface area (Å²) in [7, 11) is 0. The Morgan fingerprint density at radius 2 is 1.92 bits per heavy atom. The number of amides is 3. The number of hydrogen-bond donors (Lipinski definition) is 1. The number of carbonyl (C=O) groups excluding carboxylic acids is 2. The molecule has 3 aromatic rings. The molecule has 13 nitrogen and oxygen atoms in total. The Bertz CT molecular complexity index is 1360. The van der Waals surface area contributed by atoms with Gasteiger partial charge in [0.2, 0.25) is 17.5 Å². The zero-order valence-electron chi connectivity index (χ0n) is 20.4. The molecule has 2 aromatic carbocycles. The van der Waals surface area contributed by atoms with Gasteiger partial charge in [0.1, 0.15) is 6.10 Å². The molecule has 38 heavy (non-hydrogen) atoms. The zero-order chi connectivity index (χ0) is 26.8. The van der Waals surface area contributed by atoms with E-state index < -0.39 is 28.6 Å². The van der Waals surface area contributed by atoms with Gasteiger partial charge in [0, 0.05) is 62.7 Å². The minimum atomic E-state index is -0.969. The van der Waals surface area contributed by atoms with Crippen LogP contribution in [0.5, 0.6) is 0 Å². The molecule has 3 amide bonds. The Labute approximate surface area is 215 Å². The summed E-state index contributed by atoms with van der Waals surface area (Å²) in [4.78, 5) is 44.6. The Morgan fingerprint density at radius 3 is 2.58 bits per heavy atom. The lowest BCUT2D eigenvalue weighted by Crippen LogP contribution is -2.51. The van der Waals surface area contributed by atoms with Gasteiger partial charge in [0.05, 0.1) is 11.5 Å². The number of piperazine rings is 1. The maximum atomic E-state index is 13.5. The van der Waals surface area contributed by atoms with Crippen molar-refractivity contribution in [1.29, 1.82) is 0 Å². The van der Waals surface area contributed by atoms with Crippen LogP contribution in [-0.4, -0.2) is 82.4 Å². The molecule has 14 heteroatoms. The second-order valence-corrected chi connectivity index (χ2v) is 8.94. The molecule has 5 rings (SSSR count). The topological polar surface area (TPSA) is 147 Å². The Hall–Kier alpha value is -4.59. The lowest BCUT2D eigenvalue weighted by molar-refractivity contribution is -0.387. The van der Waals surface area contributed by atoms with Gasteiger partial charge in [-0.25, -0.2) is 9.59 Å². The minimum absolute atomic E-state index is 0.143. The minimum Gasteiger partial charge on any atom is -0.443 e. The van der Waals surface area contributed by atoms with E-state index in [1.807, 2.05) is 12.1 Å². The number of aryl methyl sites for hydroxylation is 1. The first-order valence-electron chi connectivity index (χ1n) is 11.9. The number of benzene rings is 2. The number of urea groups is 1. The molecule has 0 bridgehead atoms. The predicted octanol–water partition coefficient (Wildman–Crippen LogP) is 3.27. The highest BCUT2D eigenvalue weighted by Crippen LogP contribution is 2.26. The van der Waals surface area contributed by atoms with Crippen LogP contribution in [0.2, 0.25) is 0 Å². The molecule has 0 aliphatic carbocycles. The van der Waals surface area contributed by atoms with Crippen LogP contribution in [0.3, 0.4) is 0 Å². The van der Waals surface area contributed by atoms with Crippen molar-refractivity contribution in [3.05, 3.63) is 64.3 Å². The average molecular weight is 525 g/mol. The van der Waals surface area contributed by atoms with E-state index in [1.165, 1.54) is 6.07 Å². The number of nitrogens with one attached hydrogen (secondary N) is 1. The number of hydrogen-bond acceptors (Lipinski definition) is 9. The third kappa shape index (κ3) is 5.39. The fourth-order valence-corrected chi connectivity index (χ4v) is 4.39. The van der Waals surface area contributed by atoms with Gasteiger partial charge in [-0.15, -0.1) is 0 Å². The number of anilines is 2. The molecule has 2 aliphatic heterocycles. The number of aromatic nitrogens is 2. The molecule has 198 valence electrons. The van der Waals surface area contributed by atoms with E-state index >= 15 is 0 Å². The van der Waals surface area contributed by atoms with E-state index in [0.29, 0.717) is 56.7 Å². The summed E-state index contributed by atoms with van der Waals surface area (Å²) < 4.78 is 24.1. The van der Waals surface area contributed by atoms with E-state index in [2.05, 4.69) is 20.4 Å². The summed E-state index contributed by atoms with van der Waals surface area (Å²) in [6, 6.07) is 10.0. The van der Waals surface area contributed by atoms with Gasteiger partial charge in [-0.1, -0.05) is 5.16 Å². The van der Waals surface area contributed by atoms with Crippen LogP contribution in [0.15, 0.2) is 47.0 Å². The van der Waals surface area contributed by atoms with Gasteiger partial charge >= 0.3 is 17.8 Å². The Kier molecular flexibility index (Phi) is 6.87. The summed E-state index contributed by atoms with van der Waals surface area (Å²) in [5, 5.41) is 17.4. The van der Waals surface area contributed by atoms with Crippen LogP contribution in [0.1, 0.15) is 5.89 Å². The highest BCUT2D eigenvalue weighted by molar-refractivity contribution is 5.90. The smallest absolute Gasteiger partial charge is 0.414 e. The first-order chi connectivity index (χ1) is 18.3. The van der Waals surface area contributed by atoms with Crippen LogP contribution >= 0.6 is 0 Å². The van der Waals surface area contributed by atoms with Crippen molar-refractivity contribution < 1.29 is 28.2 Å². The third-order valence-corrected chi connectivity index (χ3v) is 6.35. The van der Waals surface area contributed by atoms with Crippen LogP contribution in [0.25, 0.3) is 11.4 Å². The number of ether oxygens (including phenoxy) is 1. The van der Waals surface area contributed by atoms with Crippen molar-refractivity contribution in [3.63, 3.8) is 0 Å². The quantitative estimate of drug-likeness (QED) is 0.378. The summed E-state index contributed by atoms with van der Waals surface area (Å²) in [5.74, 6) is -0.0258. The van der Waals surface area contributed by atoms with Crippen molar-refractivity contribution >= 4 is 29.2 Å². The van der Waals surface area contributed by atoms with E-state index in [-0.39, 0.29) is 11.8 Å². The molecule has 0 spiro atoms. The van der Waals surface area contributed by atoms with Crippen LogP contribution in [0, 0.1) is 22.9 Å².